The molecule has 5 nitrogen and oxygen atoms in total. The quantitative estimate of drug-likeness (QED) is 0.921. The van der Waals surface area contributed by atoms with Gasteiger partial charge in [0.05, 0.1) is 5.69 Å². The second-order valence-corrected chi connectivity index (χ2v) is 6.01. The minimum Gasteiger partial charge on any atom is -0.481 e. The molecule has 0 atom stereocenters. The summed E-state index contributed by atoms with van der Waals surface area (Å²) in [6, 6.07) is 0. The molecule has 0 saturated heterocycles. The Morgan fingerprint density at radius 2 is 2.00 bits per heavy atom. The number of hydrogen-bond donors (Lipinski definition) is 1. The van der Waals surface area contributed by atoms with E-state index in [1.807, 2.05) is 0 Å². The lowest BCUT2D eigenvalue weighted by Gasteiger charge is -2.35. The molecule has 7 heteroatoms. The number of aliphatic carboxylic acids is 1. The van der Waals surface area contributed by atoms with Crippen molar-refractivity contribution < 1.29 is 18.7 Å². The van der Waals surface area contributed by atoms with Crippen LogP contribution in [0.2, 0.25) is 0 Å². The Hall–Kier alpha value is -1.53. The second-order valence-electron chi connectivity index (χ2n) is 6.01. The van der Waals surface area contributed by atoms with Crippen molar-refractivity contribution in [1.82, 2.24) is 15.0 Å². The van der Waals surface area contributed by atoms with Crippen LogP contribution in [0.25, 0.3) is 0 Å². The number of rotatable bonds is 4. The number of aromatic nitrogens is 3. The van der Waals surface area contributed by atoms with Gasteiger partial charge in [-0.05, 0) is 31.6 Å². The van der Waals surface area contributed by atoms with Crippen LogP contribution in [0.4, 0.5) is 8.78 Å². The van der Waals surface area contributed by atoms with E-state index < -0.39 is 30.1 Å². The highest BCUT2D eigenvalue weighted by atomic mass is 19.3. The van der Waals surface area contributed by atoms with Gasteiger partial charge in [-0.1, -0.05) is 5.21 Å². The number of carboxylic acids is 1. The summed E-state index contributed by atoms with van der Waals surface area (Å²) in [7, 11) is 0. The van der Waals surface area contributed by atoms with Gasteiger partial charge < -0.3 is 5.11 Å². The second kappa shape index (κ2) is 4.49. The molecule has 0 aliphatic heterocycles. The van der Waals surface area contributed by atoms with E-state index >= 15 is 0 Å². The maximum absolute atomic E-state index is 13.3. The fourth-order valence-electron chi connectivity index (χ4n) is 2.79. The maximum atomic E-state index is 13.3. The molecule has 0 bridgehead atoms. The average molecular weight is 285 g/mol. The van der Waals surface area contributed by atoms with Gasteiger partial charge in [0.2, 0.25) is 5.92 Å². The van der Waals surface area contributed by atoms with E-state index in [9.17, 15) is 18.7 Å². The van der Waals surface area contributed by atoms with Gasteiger partial charge in [-0.2, -0.15) is 0 Å². The van der Waals surface area contributed by atoms with Gasteiger partial charge in [0, 0.05) is 25.6 Å². The summed E-state index contributed by atoms with van der Waals surface area (Å²) in [5.74, 6) is -3.24. The van der Waals surface area contributed by atoms with Crippen molar-refractivity contribution in [3.05, 3.63) is 11.9 Å². The van der Waals surface area contributed by atoms with E-state index in [0.717, 1.165) is 19.4 Å². The summed E-state index contributed by atoms with van der Waals surface area (Å²) in [6.45, 7) is 0.735. The molecular weight excluding hydrogens is 268 g/mol. The molecule has 2 saturated carbocycles. The molecule has 110 valence electrons. The Kier molecular flexibility index (Phi) is 3.02. The van der Waals surface area contributed by atoms with Crippen molar-refractivity contribution in [2.24, 2.45) is 5.92 Å². The highest BCUT2D eigenvalue weighted by Gasteiger charge is 2.50. The standard InChI is InChI=1S/C13H17F2N3O2/c14-13(15)5-3-12(4-6-13,11(19)20)10-8-18(17-16-10)7-9-1-2-9/h8-9H,1-7H2,(H,19,20). The van der Waals surface area contributed by atoms with Crippen LogP contribution < -0.4 is 0 Å². The molecule has 2 aliphatic carbocycles. The Bertz CT molecular complexity index is 515. The Morgan fingerprint density at radius 3 is 2.55 bits per heavy atom. The van der Waals surface area contributed by atoms with Crippen LogP contribution >= 0.6 is 0 Å². The molecule has 0 spiro atoms. The highest BCUT2D eigenvalue weighted by Crippen LogP contribution is 2.45. The van der Waals surface area contributed by atoms with Crippen LogP contribution in [0.5, 0.6) is 0 Å². The van der Waals surface area contributed by atoms with Gasteiger partial charge in [0.1, 0.15) is 5.41 Å². The van der Waals surface area contributed by atoms with Gasteiger partial charge >= 0.3 is 5.97 Å². The minimum absolute atomic E-state index is 0.0859. The predicted molar refractivity (Wildman–Crippen MR) is 65.5 cm³/mol. The summed E-state index contributed by atoms with van der Waals surface area (Å²) < 4.78 is 28.2. The van der Waals surface area contributed by atoms with Crippen LogP contribution in [0.3, 0.4) is 0 Å². The molecule has 0 unspecified atom stereocenters. The first-order valence-corrected chi connectivity index (χ1v) is 6.93. The monoisotopic (exact) mass is 285 g/mol. The van der Waals surface area contributed by atoms with Crippen LogP contribution in [-0.4, -0.2) is 32.0 Å². The highest BCUT2D eigenvalue weighted by molar-refractivity contribution is 5.80. The molecule has 0 aromatic carbocycles. The summed E-state index contributed by atoms with van der Waals surface area (Å²) in [5, 5.41) is 17.4. The third-order valence-corrected chi connectivity index (χ3v) is 4.42. The number of alkyl halides is 2. The van der Waals surface area contributed by atoms with Crippen molar-refractivity contribution in [2.75, 3.05) is 0 Å². The zero-order valence-electron chi connectivity index (χ0n) is 11.1. The molecule has 1 heterocycles. The lowest BCUT2D eigenvalue weighted by atomic mass is 9.71. The molecule has 1 aromatic rings. The van der Waals surface area contributed by atoms with E-state index in [0.29, 0.717) is 11.6 Å². The van der Waals surface area contributed by atoms with E-state index in [1.165, 1.54) is 0 Å². The molecule has 1 aromatic heterocycles. The van der Waals surface area contributed by atoms with Gasteiger partial charge in [-0.25, -0.2) is 8.78 Å². The van der Waals surface area contributed by atoms with Crippen LogP contribution in [0, 0.1) is 5.92 Å². The zero-order valence-corrected chi connectivity index (χ0v) is 11.1. The van der Waals surface area contributed by atoms with Crippen LogP contribution in [0.15, 0.2) is 6.20 Å². The number of carbonyl (C=O) groups is 1. The van der Waals surface area contributed by atoms with Gasteiger partial charge in [-0.15, -0.1) is 5.10 Å². The lowest BCUT2D eigenvalue weighted by molar-refractivity contribution is -0.149. The molecule has 1 N–H and O–H groups in total. The van der Waals surface area contributed by atoms with Gasteiger partial charge in [0.25, 0.3) is 0 Å². The molecule has 2 aliphatic rings. The summed E-state index contributed by atoms with van der Waals surface area (Å²) >= 11 is 0. The third kappa shape index (κ3) is 2.41. The molecule has 0 radical (unpaired) electrons. The number of nitrogens with zero attached hydrogens (tertiary/aromatic N) is 3. The van der Waals surface area contributed by atoms with E-state index in [4.69, 9.17) is 0 Å². The summed E-state index contributed by atoms with van der Waals surface area (Å²) in [6.07, 6.45) is 2.95. The van der Waals surface area contributed by atoms with Crippen molar-refractivity contribution in [3.8, 4) is 0 Å². The van der Waals surface area contributed by atoms with E-state index in [-0.39, 0.29) is 12.8 Å². The van der Waals surface area contributed by atoms with Gasteiger partial charge in [-0.3, -0.25) is 9.48 Å². The Morgan fingerprint density at radius 1 is 1.35 bits per heavy atom. The van der Waals surface area contributed by atoms with E-state index in [1.54, 1.807) is 10.9 Å². The van der Waals surface area contributed by atoms with Crippen LogP contribution in [0.1, 0.15) is 44.2 Å². The van der Waals surface area contributed by atoms with E-state index in [2.05, 4.69) is 10.3 Å². The summed E-state index contributed by atoms with van der Waals surface area (Å²) in [4.78, 5) is 11.6. The van der Waals surface area contributed by atoms with Crippen LogP contribution in [-0.2, 0) is 16.8 Å². The first-order valence-electron chi connectivity index (χ1n) is 6.93. The Balaban J connectivity index is 1.83. The van der Waals surface area contributed by atoms with Crippen molar-refractivity contribution in [2.45, 2.75) is 56.4 Å². The predicted octanol–water partition coefficient (Wildman–Crippen LogP) is 2.22. The summed E-state index contributed by atoms with van der Waals surface area (Å²) in [5.41, 5.74) is -0.982. The first kappa shape index (κ1) is 13.5. The fourth-order valence-corrected chi connectivity index (χ4v) is 2.79. The minimum atomic E-state index is -2.76. The molecule has 2 fully saturated rings. The average Bonchev–Trinajstić information content (AvgIpc) is 3.06. The normalized spacial score (nSPS) is 24.5. The number of carboxylic acid groups (broad SMARTS) is 1. The smallest absolute Gasteiger partial charge is 0.315 e. The fraction of sp³-hybridized carbons (Fsp3) is 0.769. The largest absolute Gasteiger partial charge is 0.481 e. The number of hydrogen-bond acceptors (Lipinski definition) is 3. The molecule has 3 rings (SSSR count). The van der Waals surface area contributed by atoms with Crippen molar-refractivity contribution in [3.63, 3.8) is 0 Å². The maximum Gasteiger partial charge on any atom is 0.315 e. The molecular formula is C13H17F2N3O2. The zero-order chi connectivity index (χ0) is 14.4. The van der Waals surface area contributed by atoms with Crippen molar-refractivity contribution in [1.29, 1.82) is 0 Å². The Labute approximate surface area is 115 Å². The first-order chi connectivity index (χ1) is 9.41. The molecule has 0 amide bonds. The number of halogens is 2. The van der Waals surface area contributed by atoms with Gasteiger partial charge in [0.15, 0.2) is 0 Å². The SMILES string of the molecule is O=C(O)C1(c2cn(CC3CC3)nn2)CCC(F)(F)CC1. The topological polar surface area (TPSA) is 68.0 Å². The third-order valence-electron chi connectivity index (χ3n) is 4.42. The lowest BCUT2D eigenvalue weighted by Crippen LogP contribution is -2.43. The van der Waals surface area contributed by atoms with Crippen molar-refractivity contribution >= 4 is 5.97 Å². The molecule has 20 heavy (non-hydrogen) atoms.